The van der Waals surface area contributed by atoms with Gasteiger partial charge in [-0.25, -0.2) is 0 Å². The molecule has 0 unspecified atom stereocenters. The summed E-state index contributed by atoms with van der Waals surface area (Å²) in [5.41, 5.74) is 0. The standard InChI is InChI=1S/C17H28N4O2/c18-12-14-2-1-3-15(10-14)19-16-11-17(22)21(13-16)5-4-20-6-8-23-9-7-20/h14-16,19H,1-11,13H2/t14-,15+,16+/m1/s1. The Morgan fingerprint density at radius 3 is 2.83 bits per heavy atom. The van der Waals surface area contributed by atoms with Crippen molar-refractivity contribution in [3.63, 3.8) is 0 Å². The number of rotatable bonds is 5. The van der Waals surface area contributed by atoms with Gasteiger partial charge in [0.05, 0.1) is 19.3 Å². The molecular weight excluding hydrogens is 292 g/mol. The van der Waals surface area contributed by atoms with Crippen molar-refractivity contribution in [1.82, 2.24) is 15.1 Å². The van der Waals surface area contributed by atoms with Gasteiger partial charge in [-0.3, -0.25) is 9.69 Å². The zero-order valence-electron chi connectivity index (χ0n) is 13.9. The van der Waals surface area contributed by atoms with Gasteiger partial charge in [-0.1, -0.05) is 6.42 Å². The van der Waals surface area contributed by atoms with Crippen LogP contribution >= 0.6 is 0 Å². The van der Waals surface area contributed by atoms with E-state index in [1.807, 2.05) is 4.90 Å². The van der Waals surface area contributed by atoms with E-state index in [2.05, 4.69) is 16.3 Å². The van der Waals surface area contributed by atoms with Crippen molar-refractivity contribution in [2.45, 2.75) is 44.2 Å². The molecule has 3 fully saturated rings. The molecule has 0 aromatic carbocycles. The number of ether oxygens (including phenoxy) is 1. The predicted octanol–water partition coefficient (Wildman–Crippen LogP) is 0.591. The van der Waals surface area contributed by atoms with Crippen molar-refractivity contribution in [3.8, 4) is 6.07 Å². The van der Waals surface area contributed by atoms with E-state index in [9.17, 15) is 4.79 Å². The van der Waals surface area contributed by atoms with E-state index in [0.29, 0.717) is 12.5 Å². The van der Waals surface area contributed by atoms with Gasteiger partial charge in [-0.05, 0) is 19.3 Å². The molecule has 2 heterocycles. The second-order valence-electron chi connectivity index (χ2n) is 7.05. The number of carbonyl (C=O) groups excluding carboxylic acids is 1. The van der Waals surface area contributed by atoms with Gasteiger partial charge in [0.2, 0.25) is 5.91 Å². The summed E-state index contributed by atoms with van der Waals surface area (Å²) in [6, 6.07) is 3.07. The highest BCUT2D eigenvalue weighted by Gasteiger charge is 2.32. The number of likely N-dealkylation sites (tertiary alicyclic amines) is 1. The van der Waals surface area contributed by atoms with E-state index in [1.165, 1.54) is 0 Å². The molecule has 0 radical (unpaired) electrons. The Balaban J connectivity index is 1.41. The highest BCUT2D eigenvalue weighted by molar-refractivity contribution is 5.79. The molecule has 0 aromatic rings. The summed E-state index contributed by atoms with van der Waals surface area (Å²) < 4.78 is 5.36. The Morgan fingerprint density at radius 2 is 2.04 bits per heavy atom. The van der Waals surface area contributed by atoms with Crippen LogP contribution in [0.4, 0.5) is 0 Å². The number of amides is 1. The van der Waals surface area contributed by atoms with Crippen LogP contribution in [-0.2, 0) is 9.53 Å². The molecular formula is C17H28N4O2. The molecule has 3 rings (SSSR count). The number of nitriles is 1. The fourth-order valence-corrected chi connectivity index (χ4v) is 3.98. The van der Waals surface area contributed by atoms with Gasteiger partial charge in [-0.2, -0.15) is 5.26 Å². The zero-order chi connectivity index (χ0) is 16.1. The number of hydrogen-bond acceptors (Lipinski definition) is 5. The van der Waals surface area contributed by atoms with E-state index in [-0.39, 0.29) is 17.9 Å². The van der Waals surface area contributed by atoms with Crippen molar-refractivity contribution < 1.29 is 9.53 Å². The minimum Gasteiger partial charge on any atom is -0.379 e. The van der Waals surface area contributed by atoms with Crippen molar-refractivity contribution in [3.05, 3.63) is 0 Å². The molecule has 1 aliphatic carbocycles. The summed E-state index contributed by atoms with van der Waals surface area (Å²) in [5, 5.41) is 12.7. The van der Waals surface area contributed by atoms with Crippen molar-refractivity contribution in [2.24, 2.45) is 5.92 Å². The smallest absolute Gasteiger partial charge is 0.224 e. The molecule has 0 bridgehead atoms. The van der Waals surface area contributed by atoms with Gasteiger partial charge in [-0.15, -0.1) is 0 Å². The number of hydrogen-bond donors (Lipinski definition) is 1. The lowest BCUT2D eigenvalue weighted by Crippen LogP contribution is -2.44. The Hall–Kier alpha value is -1.16. The lowest BCUT2D eigenvalue weighted by Gasteiger charge is -2.30. The summed E-state index contributed by atoms with van der Waals surface area (Å²) in [4.78, 5) is 16.6. The molecule has 6 heteroatoms. The molecule has 2 aliphatic heterocycles. The highest BCUT2D eigenvalue weighted by Crippen LogP contribution is 2.25. The Kier molecular flexibility index (Phi) is 5.87. The topological polar surface area (TPSA) is 68.6 Å². The summed E-state index contributed by atoms with van der Waals surface area (Å²) in [6.45, 7) is 6.14. The third-order valence-corrected chi connectivity index (χ3v) is 5.33. The number of nitrogens with one attached hydrogen (secondary N) is 1. The number of morpholine rings is 1. The molecule has 3 atom stereocenters. The van der Waals surface area contributed by atoms with E-state index >= 15 is 0 Å². The Morgan fingerprint density at radius 1 is 1.22 bits per heavy atom. The van der Waals surface area contributed by atoms with Crippen LogP contribution in [0.5, 0.6) is 0 Å². The molecule has 1 saturated carbocycles. The second kappa shape index (κ2) is 8.09. The monoisotopic (exact) mass is 320 g/mol. The summed E-state index contributed by atoms with van der Waals surface area (Å²) in [5.74, 6) is 0.458. The number of nitrogens with zero attached hydrogens (tertiary/aromatic N) is 3. The van der Waals surface area contributed by atoms with Crippen LogP contribution in [0.15, 0.2) is 0 Å². The van der Waals surface area contributed by atoms with Crippen LogP contribution in [0, 0.1) is 17.2 Å². The average molecular weight is 320 g/mol. The van der Waals surface area contributed by atoms with Gasteiger partial charge in [0.1, 0.15) is 0 Å². The zero-order valence-corrected chi connectivity index (χ0v) is 13.9. The predicted molar refractivity (Wildman–Crippen MR) is 86.7 cm³/mol. The lowest BCUT2D eigenvalue weighted by molar-refractivity contribution is -0.128. The quantitative estimate of drug-likeness (QED) is 0.803. The first-order valence-electron chi connectivity index (χ1n) is 8.98. The van der Waals surface area contributed by atoms with E-state index in [1.54, 1.807) is 0 Å². The van der Waals surface area contributed by atoms with E-state index in [0.717, 1.165) is 71.6 Å². The maximum Gasteiger partial charge on any atom is 0.224 e. The SMILES string of the molecule is N#C[C@@H]1CCC[C@H](N[C@H]2CC(=O)N(CCN3CCOCC3)C2)C1. The third kappa shape index (κ3) is 4.66. The molecule has 128 valence electrons. The summed E-state index contributed by atoms with van der Waals surface area (Å²) in [6.07, 6.45) is 4.84. The fourth-order valence-electron chi connectivity index (χ4n) is 3.98. The van der Waals surface area contributed by atoms with Crippen LogP contribution in [0.3, 0.4) is 0 Å². The van der Waals surface area contributed by atoms with Crippen LogP contribution in [0.25, 0.3) is 0 Å². The lowest BCUT2D eigenvalue weighted by atomic mass is 9.86. The summed E-state index contributed by atoms with van der Waals surface area (Å²) in [7, 11) is 0. The second-order valence-corrected chi connectivity index (χ2v) is 7.05. The van der Waals surface area contributed by atoms with Crippen LogP contribution in [-0.4, -0.2) is 73.7 Å². The van der Waals surface area contributed by atoms with Crippen molar-refractivity contribution in [1.29, 1.82) is 5.26 Å². The van der Waals surface area contributed by atoms with Crippen molar-refractivity contribution in [2.75, 3.05) is 45.9 Å². The number of carbonyl (C=O) groups is 1. The minimum atomic E-state index is 0.191. The summed E-state index contributed by atoms with van der Waals surface area (Å²) >= 11 is 0. The molecule has 0 aromatic heterocycles. The van der Waals surface area contributed by atoms with Crippen LogP contribution in [0.1, 0.15) is 32.1 Å². The van der Waals surface area contributed by atoms with Gasteiger partial charge >= 0.3 is 0 Å². The largest absolute Gasteiger partial charge is 0.379 e. The third-order valence-electron chi connectivity index (χ3n) is 5.33. The molecule has 3 aliphatic rings. The maximum absolute atomic E-state index is 12.2. The molecule has 0 spiro atoms. The normalized spacial score (nSPS) is 32.9. The first-order chi connectivity index (χ1) is 11.2. The molecule has 2 saturated heterocycles. The van der Waals surface area contributed by atoms with Crippen molar-refractivity contribution >= 4 is 5.91 Å². The average Bonchev–Trinajstić information content (AvgIpc) is 2.93. The molecule has 6 nitrogen and oxygen atoms in total. The molecule has 1 amide bonds. The van der Waals surface area contributed by atoms with Gasteiger partial charge in [0.25, 0.3) is 0 Å². The van der Waals surface area contributed by atoms with Gasteiger partial charge in [0, 0.05) is 57.1 Å². The van der Waals surface area contributed by atoms with E-state index < -0.39 is 0 Å². The molecule has 1 N–H and O–H groups in total. The van der Waals surface area contributed by atoms with E-state index in [4.69, 9.17) is 10.00 Å². The first kappa shape index (κ1) is 16.7. The van der Waals surface area contributed by atoms with Crippen LogP contribution in [0.2, 0.25) is 0 Å². The minimum absolute atomic E-state index is 0.191. The Labute approximate surface area is 138 Å². The first-order valence-corrected chi connectivity index (χ1v) is 8.98. The Bertz CT molecular complexity index is 444. The fraction of sp³-hybridized carbons (Fsp3) is 0.882. The molecule has 23 heavy (non-hydrogen) atoms. The van der Waals surface area contributed by atoms with Gasteiger partial charge in [0.15, 0.2) is 0 Å². The van der Waals surface area contributed by atoms with Gasteiger partial charge < -0.3 is 15.0 Å². The maximum atomic E-state index is 12.2. The van der Waals surface area contributed by atoms with Crippen LogP contribution < -0.4 is 5.32 Å². The highest BCUT2D eigenvalue weighted by atomic mass is 16.5.